The fraction of sp³-hybridized carbons (Fsp3) is 0.250. The zero-order chi connectivity index (χ0) is 12.5. The fourth-order valence-corrected chi connectivity index (χ4v) is 1.26. The highest BCUT2D eigenvalue weighted by molar-refractivity contribution is 5.93. The maximum Gasteiger partial charge on any atom is 0.290 e. The van der Waals surface area contributed by atoms with Gasteiger partial charge in [0.2, 0.25) is 0 Å². The van der Waals surface area contributed by atoms with E-state index in [-0.39, 0.29) is 5.56 Å². The van der Waals surface area contributed by atoms with Crippen molar-refractivity contribution in [3.05, 3.63) is 33.1 Å². The van der Waals surface area contributed by atoms with Gasteiger partial charge in [0.25, 0.3) is 18.0 Å². The van der Waals surface area contributed by atoms with E-state index in [1.54, 1.807) is 0 Å². The molecule has 0 saturated carbocycles. The number of pyridine rings is 1. The van der Waals surface area contributed by atoms with Crippen LogP contribution in [-0.4, -0.2) is 15.8 Å². The van der Waals surface area contributed by atoms with E-state index >= 15 is 0 Å². The molecule has 0 aromatic carbocycles. The van der Waals surface area contributed by atoms with Crippen LogP contribution in [0.15, 0.2) is 6.20 Å². The second-order valence-corrected chi connectivity index (χ2v) is 2.95. The Morgan fingerprint density at radius 2 is 2.19 bits per heavy atom. The summed E-state index contributed by atoms with van der Waals surface area (Å²) in [5.41, 5.74) is 2.54. The molecule has 0 radical (unpaired) electrons. The lowest BCUT2D eigenvalue weighted by atomic mass is 10.1. The lowest BCUT2D eigenvalue weighted by Crippen LogP contribution is -2.17. The van der Waals surface area contributed by atoms with Crippen molar-refractivity contribution in [3.8, 4) is 0 Å². The molecule has 0 unspecified atom stereocenters. The predicted octanol–water partition coefficient (Wildman–Crippen LogP) is 1.33. The first-order chi connectivity index (χ1) is 7.36. The second kappa shape index (κ2) is 4.17. The monoisotopic (exact) mass is 231 g/mol. The number of aromatic nitrogens is 1. The molecule has 86 valence electrons. The van der Waals surface area contributed by atoms with Crippen LogP contribution in [0.3, 0.4) is 0 Å². The minimum Gasteiger partial charge on any atom is -0.364 e. The molecule has 0 aliphatic heterocycles. The predicted molar refractivity (Wildman–Crippen MR) is 49.1 cm³/mol. The van der Waals surface area contributed by atoms with Crippen LogP contribution in [0.25, 0.3) is 0 Å². The van der Waals surface area contributed by atoms with Crippen LogP contribution in [-0.2, 0) is 0 Å². The van der Waals surface area contributed by atoms with E-state index in [2.05, 4.69) is 4.98 Å². The highest BCUT2D eigenvalue weighted by Gasteiger charge is 2.26. The Kier molecular flexibility index (Phi) is 3.11. The molecule has 0 atom stereocenters. The van der Waals surface area contributed by atoms with Crippen LogP contribution in [0, 0.1) is 17.0 Å². The van der Waals surface area contributed by atoms with Gasteiger partial charge in [0.15, 0.2) is 0 Å². The zero-order valence-electron chi connectivity index (χ0n) is 8.11. The summed E-state index contributed by atoms with van der Waals surface area (Å²) >= 11 is 0. The molecule has 0 spiro atoms. The number of halogens is 2. The van der Waals surface area contributed by atoms with Gasteiger partial charge < -0.3 is 5.73 Å². The van der Waals surface area contributed by atoms with E-state index in [0.717, 1.165) is 13.1 Å². The highest BCUT2D eigenvalue weighted by Crippen LogP contribution is 2.30. The summed E-state index contributed by atoms with van der Waals surface area (Å²) in [6.07, 6.45) is -2.31. The molecule has 6 nitrogen and oxygen atoms in total. The number of rotatable bonds is 3. The van der Waals surface area contributed by atoms with E-state index < -0.39 is 34.2 Å². The molecule has 1 amide bonds. The molecule has 0 aliphatic carbocycles. The number of nitro groups is 1. The van der Waals surface area contributed by atoms with Gasteiger partial charge in [0.1, 0.15) is 11.9 Å². The Hall–Kier alpha value is -2.12. The normalized spacial score (nSPS) is 10.5. The van der Waals surface area contributed by atoms with Crippen LogP contribution in [0.4, 0.5) is 14.5 Å². The molecule has 0 aliphatic rings. The van der Waals surface area contributed by atoms with Crippen molar-refractivity contribution in [1.29, 1.82) is 0 Å². The zero-order valence-corrected chi connectivity index (χ0v) is 8.11. The highest BCUT2D eigenvalue weighted by atomic mass is 19.3. The van der Waals surface area contributed by atoms with Gasteiger partial charge in [-0.3, -0.25) is 14.9 Å². The summed E-state index contributed by atoms with van der Waals surface area (Å²) in [6.45, 7) is 1.12. The number of primary amides is 1. The van der Waals surface area contributed by atoms with Gasteiger partial charge in [-0.15, -0.1) is 0 Å². The first-order valence-electron chi connectivity index (χ1n) is 4.08. The molecule has 1 rings (SSSR count). The van der Waals surface area contributed by atoms with Crippen molar-refractivity contribution >= 4 is 11.6 Å². The SMILES string of the molecule is Cc1c([N+](=O)[O-])cnc(C(N)=O)c1C(F)F. The quantitative estimate of drug-likeness (QED) is 0.626. The first kappa shape index (κ1) is 12.0. The summed E-state index contributed by atoms with van der Waals surface area (Å²) in [4.78, 5) is 23.7. The van der Waals surface area contributed by atoms with Crippen LogP contribution >= 0.6 is 0 Å². The molecular formula is C8H7F2N3O3. The molecule has 0 saturated heterocycles. The Bertz CT molecular complexity index is 462. The second-order valence-electron chi connectivity index (χ2n) is 2.95. The van der Waals surface area contributed by atoms with E-state index in [9.17, 15) is 23.7 Å². The Morgan fingerprint density at radius 1 is 1.62 bits per heavy atom. The van der Waals surface area contributed by atoms with E-state index in [1.807, 2.05) is 0 Å². The smallest absolute Gasteiger partial charge is 0.290 e. The summed E-state index contributed by atoms with van der Waals surface area (Å²) in [5.74, 6) is -1.15. The van der Waals surface area contributed by atoms with E-state index in [0.29, 0.717) is 0 Å². The van der Waals surface area contributed by atoms with Crippen molar-refractivity contribution < 1.29 is 18.5 Å². The average Bonchev–Trinajstić information content (AvgIpc) is 2.15. The third-order valence-corrected chi connectivity index (χ3v) is 2.01. The summed E-state index contributed by atoms with van der Waals surface area (Å²) < 4.78 is 25.2. The lowest BCUT2D eigenvalue weighted by Gasteiger charge is -2.08. The Morgan fingerprint density at radius 3 is 2.56 bits per heavy atom. The molecular weight excluding hydrogens is 224 g/mol. The van der Waals surface area contributed by atoms with Crippen LogP contribution < -0.4 is 5.73 Å². The maximum atomic E-state index is 12.6. The van der Waals surface area contributed by atoms with Gasteiger partial charge in [-0.2, -0.15) is 0 Å². The van der Waals surface area contributed by atoms with Crippen molar-refractivity contribution in [2.75, 3.05) is 0 Å². The molecule has 0 fully saturated rings. The topological polar surface area (TPSA) is 99.1 Å². The minimum absolute atomic E-state index is 0.302. The van der Waals surface area contributed by atoms with Crippen LogP contribution in [0.5, 0.6) is 0 Å². The molecule has 8 heteroatoms. The average molecular weight is 231 g/mol. The number of alkyl halides is 2. The Labute approximate surface area is 88.2 Å². The molecule has 1 heterocycles. The van der Waals surface area contributed by atoms with Gasteiger partial charge in [-0.25, -0.2) is 13.8 Å². The van der Waals surface area contributed by atoms with Gasteiger partial charge in [-0.1, -0.05) is 0 Å². The van der Waals surface area contributed by atoms with Crippen LogP contribution in [0.1, 0.15) is 28.0 Å². The number of hydrogen-bond donors (Lipinski definition) is 1. The number of carbonyl (C=O) groups excluding carboxylic acids is 1. The number of nitrogens with two attached hydrogens (primary N) is 1. The summed E-state index contributed by atoms with van der Waals surface area (Å²) in [7, 11) is 0. The summed E-state index contributed by atoms with van der Waals surface area (Å²) in [5, 5.41) is 10.5. The molecule has 1 aromatic rings. The van der Waals surface area contributed by atoms with Gasteiger partial charge in [0, 0.05) is 5.56 Å². The molecule has 0 bridgehead atoms. The third-order valence-electron chi connectivity index (χ3n) is 2.01. The standard InChI is InChI=1S/C8H7F2N3O3/c1-3-4(13(15)16)2-12-6(8(11)14)5(3)7(9)10/h2,7H,1H3,(H2,11,14). The van der Waals surface area contributed by atoms with Crippen molar-refractivity contribution in [1.82, 2.24) is 4.98 Å². The molecule has 16 heavy (non-hydrogen) atoms. The fourth-order valence-electron chi connectivity index (χ4n) is 1.26. The van der Waals surface area contributed by atoms with Crippen LogP contribution in [0.2, 0.25) is 0 Å². The van der Waals surface area contributed by atoms with Crippen molar-refractivity contribution in [2.45, 2.75) is 13.3 Å². The van der Waals surface area contributed by atoms with E-state index in [4.69, 9.17) is 5.73 Å². The largest absolute Gasteiger partial charge is 0.364 e. The number of carbonyl (C=O) groups is 1. The number of hydrogen-bond acceptors (Lipinski definition) is 4. The minimum atomic E-state index is -3.05. The maximum absolute atomic E-state index is 12.6. The lowest BCUT2D eigenvalue weighted by molar-refractivity contribution is -0.385. The van der Waals surface area contributed by atoms with E-state index in [1.165, 1.54) is 0 Å². The van der Waals surface area contributed by atoms with Crippen molar-refractivity contribution in [2.24, 2.45) is 5.73 Å². The molecule has 2 N–H and O–H groups in total. The summed E-state index contributed by atoms with van der Waals surface area (Å²) in [6, 6.07) is 0. The number of amides is 1. The van der Waals surface area contributed by atoms with Gasteiger partial charge >= 0.3 is 0 Å². The Balaban J connectivity index is 3.54. The van der Waals surface area contributed by atoms with Gasteiger partial charge in [-0.05, 0) is 6.92 Å². The molecule has 1 aromatic heterocycles. The first-order valence-corrected chi connectivity index (χ1v) is 4.08. The van der Waals surface area contributed by atoms with Gasteiger partial charge in [0.05, 0.1) is 10.5 Å². The third kappa shape index (κ3) is 1.95. The number of nitrogens with zero attached hydrogens (tertiary/aromatic N) is 2. The van der Waals surface area contributed by atoms with Crippen molar-refractivity contribution in [3.63, 3.8) is 0 Å².